The van der Waals surface area contributed by atoms with E-state index in [0.29, 0.717) is 22.4 Å². The molecule has 1 fully saturated rings. The van der Waals surface area contributed by atoms with Crippen molar-refractivity contribution in [3.8, 4) is 5.69 Å². The molecule has 1 N–H and O–H groups in total. The van der Waals surface area contributed by atoms with E-state index < -0.39 is 23.8 Å². The minimum atomic E-state index is -0.797. The smallest absolute Gasteiger partial charge is 0.338 e. The highest BCUT2D eigenvalue weighted by atomic mass is 79.9. The van der Waals surface area contributed by atoms with Gasteiger partial charge in [0.15, 0.2) is 0 Å². The van der Waals surface area contributed by atoms with Gasteiger partial charge in [0.25, 0.3) is 11.8 Å². The molecule has 1 aliphatic heterocycles. The molecule has 2 aromatic carbocycles. The highest BCUT2D eigenvalue weighted by Crippen LogP contribution is 2.29. The van der Waals surface area contributed by atoms with Gasteiger partial charge >= 0.3 is 12.0 Å². The first-order valence-corrected chi connectivity index (χ1v) is 12.1. The first-order chi connectivity index (χ1) is 17.1. The van der Waals surface area contributed by atoms with Gasteiger partial charge in [-0.1, -0.05) is 22.0 Å². The van der Waals surface area contributed by atoms with Gasteiger partial charge in [0.05, 0.1) is 17.9 Å². The van der Waals surface area contributed by atoms with E-state index in [1.807, 2.05) is 30.5 Å². The first kappa shape index (κ1) is 25.1. The lowest BCUT2D eigenvalue weighted by atomic mass is 10.1. The second-order valence-corrected chi connectivity index (χ2v) is 9.24. The van der Waals surface area contributed by atoms with E-state index >= 15 is 0 Å². The third-order valence-electron chi connectivity index (χ3n) is 5.89. The van der Waals surface area contributed by atoms with Crippen LogP contribution in [0.4, 0.5) is 10.5 Å². The number of hydrogen-bond donors (Lipinski definition) is 1. The molecule has 0 radical (unpaired) electrons. The van der Waals surface area contributed by atoms with Gasteiger partial charge < -0.3 is 9.30 Å². The number of carbonyl (C=O) groups excluding carboxylic acids is 4. The number of amides is 4. The molecule has 1 aliphatic rings. The Balaban J connectivity index is 1.75. The van der Waals surface area contributed by atoms with Crippen molar-refractivity contribution in [2.24, 2.45) is 0 Å². The maximum atomic E-state index is 13.3. The second-order valence-electron chi connectivity index (χ2n) is 8.32. The number of esters is 1. The summed E-state index contributed by atoms with van der Waals surface area (Å²) in [6.45, 7) is 7.53. The van der Waals surface area contributed by atoms with Crippen molar-refractivity contribution in [1.29, 1.82) is 0 Å². The molecule has 8 nitrogen and oxygen atoms in total. The van der Waals surface area contributed by atoms with Gasteiger partial charge in [0.1, 0.15) is 5.57 Å². The highest BCUT2D eigenvalue weighted by molar-refractivity contribution is 9.10. The van der Waals surface area contributed by atoms with Crippen LogP contribution < -0.4 is 10.2 Å². The Labute approximate surface area is 216 Å². The van der Waals surface area contributed by atoms with Gasteiger partial charge in [-0.3, -0.25) is 14.9 Å². The number of halogens is 1. The normalized spacial score (nSPS) is 14.9. The summed E-state index contributed by atoms with van der Waals surface area (Å²) in [4.78, 5) is 51.8. The molecule has 2 heterocycles. The number of benzene rings is 2. The summed E-state index contributed by atoms with van der Waals surface area (Å²) in [7, 11) is 0. The zero-order valence-electron chi connectivity index (χ0n) is 20.2. The van der Waals surface area contributed by atoms with Gasteiger partial charge in [-0.05, 0) is 87.4 Å². The van der Waals surface area contributed by atoms with E-state index in [1.54, 1.807) is 50.2 Å². The standard InChI is InChI=1S/C27H24BrN3O5/c1-5-36-26(34)18-7-6-8-21(13-18)30-16(3)12-19(17(30)4)14-22-24(32)29-27(35)31(25(22)33)23-10-9-20(28)11-15(23)2/h6-14H,5H2,1-4H3,(H,29,32,35)/b22-14+. The third kappa shape index (κ3) is 4.61. The third-order valence-corrected chi connectivity index (χ3v) is 6.38. The molecular weight excluding hydrogens is 526 g/mol. The number of nitrogens with one attached hydrogen (secondary N) is 1. The van der Waals surface area contributed by atoms with Crippen LogP contribution in [0.2, 0.25) is 0 Å². The van der Waals surface area contributed by atoms with Crippen LogP contribution in [0.5, 0.6) is 0 Å². The summed E-state index contributed by atoms with van der Waals surface area (Å²) >= 11 is 3.37. The Hall–Kier alpha value is -3.98. The number of hydrogen-bond acceptors (Lipinski definition) is 5. The summed E-state index contributed by atoms with van der Waals surface area (Å²) in [5, 5.41) is 2.26. The van der Waals surface area contributed by atoms with Crippen molar-refractivity contribution in [2.45, 2.75) is 27.7 Å². The van der Waals surface area contributed by atoms with E-state index in [4.69, 9.17) is 4.74 Å². The average molecular weight is 550 g/mol. The van der Waals surface area contributed by atoms with Crippen LogP contribution in [0.15, 0.2) is 58.6 Å². The van der Waals surface area contributed by atoms with E-state index in [1.165, 1.54) is 6.08 Å². The Morgan fingerprint density at radius 1 is 1.06 bits per heavy atom. The number of aromatic nitrogens is 1. The maximum Gasteiger partial charge on any atom is 0.338 e. The van der Waals surface area contributed by atoms with Crippen molar-refractivity contribution < 1.29 is 23.9 Å². The first-order valence-electron chi connectivity index (χ1n) is 11.3. The summed E-state index contributed by atoms with van der Waals surface area (Å²) in [6, 6.07) is 13.2. The van der Waals surface area contributed by atoms with Gasteiger partial charge in [-0.15, -0.1) is 0 Å². The minimum absolute atomic E-state index is 0.155. The molecule has 0 unspecified atom stereocenters. The highest BCUT2D eigenvalue weighted by Gasteiger charge is 2.37. The van der Waals surface area contributed by atoms with Crippen molar-refractivity contribution in [3.05, 3.63) is 86.7 Å². The van der Waals surface area contributed by atoms with Crippen LogP contribution in [0.1, 0.15) is 39.8 Å². The fraction of sp³-hybridized carbons (Fsp3) is 0.185. The van der Waals surface area contributed by atoms with E-state index in [0.717, 1.165) is 26.4 Å². The van der Waals surface area contributed by atoms with Crippen LogP contribution in [0.3, 0.4) is 0 Å². The Morgan fingerprint density at radius 3 is 2.50 bits per heavy atom. The number of aryl methyl sites for hydroxylation is 2. The monoisotopic (exact) mass is 549 g/mol. The predicted octanol–water partition coefficient (Wildman–Crippen LogP) is 5.01. The van der Waals surface area contributed by atoms with Gasteiger partial charge in [-0.2, -0.15) is 0 Å². The number of rotatable bonds is 5. The molecule has 1 aromatic heterocycles. The van der Waals surface area contributed by atoms with E-state index in [-0.39, 0.29) is 12.2 Å². The lowest BCUT2D eigenvalue weighted by Crippen LogP contribution is -2.54. The number of barbiturate groups is 1. The van der Waals surface area contributed by atoms with Crippen LogP contribution >= 0.6 is 15.9 Å². The molecular formula is C27H24BrN3O5. The number of nitrogens with zero attached hydrogens (tertiary/aromatic N) is 2. The van der Waals surface area contributed by atoms with Crippen LogP contribution in [0.25, 0.3) is 11.8 Å². The van der Waals surface area contributed by atoms with Crippen molar-refractivity contribution in [3.63, 3.8) is 0 Å². The van der Waals surface area contributed by atoms with Gasteiger partial charge in [0, 0.05) is 21.5 Å². The Bertz CT molecular complexity index is 1450. The molecule has 1 saturated heterocycles. The molecule has 4 rings (SSSR count). The molecule has 9 heteroatoms. The summed E-state index contributed by atoms with van der Waals surface area (Å²) in [6.07, 6.45) is 1.49. The minimum Gasteiger partial charge on any atom is -0.462 e. The fourth-order valence-corrected chi connectivity index (χ4v) is 4.69. The number of anilines is 1. The zero-order chi connectivity index (χ0) is 26.1. The van der Waals surface area contributed by atoms with E-state index in [9.17, 15) is 19.2 Å². The maximum absolute atomic E-state index is 13.3. The topological polar surface area (TPSA) is 97.7 Å². The number of carbonyl (C=O) groups is 4. The molecule has 0 aliphatic carbocycles. The zero-order valence-corrected chi connectivity index (χ0v) is 21.8. The number of ether oxygens (including phenoxy) is 1. The van der Waals surface area contributed by atoms with Gasteiger partial charge in [0.2, 0.25) is 0 Å². The molecule has 184 valence electrons. The van der Waals surface area contributed by atoms with E-state index in [2.05, 4.69) is 21.2 Å². The van der Waals surface area contributed by atoms with Crippen molar-refractivity contribution in [2.75, 3.05) is 11.5 Å². The Kier molecular flexibility index (Phi) is 6.94. The van der Waals surface area contributed by atoms with Crippen LogP contribution in [-0.4, -0.2) is 35.0 Å². The predicted molar refractivity (Wildman–Crippen MR) is 139 cm³/mol. The molecule has 0 bridgehead atoms. The molecule has 36 heavy (non-hydrogen) atoms. The van der Waals surface area contributed by atoms with Crippen molar-refractivity contribution in [1.82, 2.24) is 9.88 Å². The lowest BCUT2D eigenvalue weighted by molar-refractivity contribution is -0.122. The van der Waals surface area contributed by atoms with Crippen LogP contribution in [0, 0.1) is 20.8 Å². The van der Waals surface area contributed by atoms with Crippen molar-refractivity contribution >= 4 is 51.5 Å². The molecule has 0 saturated carbocycles. The Morgan fingerprint density at radius 2 is 1.81 bits per heavy atom. The summed E-state index contributed by atoms with van der Waals surface area (Å²) in [5.74, 6) is -1.88. The summed E-state index contributed by atoms with van der Waals surface area (Å²) in [5.41, 5.74) is 4.31. The SMILES string of the molecule is CCOC(=O)c1cccc(-n2c(C)cc(/C=C3\C(=O)NC(=O)N(c4ccc(Br)cc4C)C3=O)c2C)c1. The van der Waals surface area contributed by atoms with Crippen LogP contribution in [-0.2, 0) is 14.3 Å². The molecule has 0 atom stereocenters. The summed E-state index contributed by atoms with van der Waals surface area (Å²) < 4.78 is 7.83. The number of urea groups is 1. The van der Waals surface area contributed by atoms with Gasteiger partial charge in [-0.25, -0.2) is 14.5 Å². The molecule has 4 amide bonds. The lowest BCUT2D eigenvalue weighted by Gasteiger charge is -2.27. The number of imide groups is 2. The average Bonchev–Trinajstić information content (AvgIpc) is 3.10. The second kappa shape index (κ2) is 9.94. The molecule has 0 spiro atoms. The quantitative estimate of drug-likeness (QED) is 0.274. The largest absolute Gasteiger partial charge is 0.462 e. The fourth-order valence-electron chi connectivity index (χ4n) is 4.22. The molecule has 3 aromatic rings.